The van der Waals surface area contributed by atoms with E-state index in [-0.39, 0.29) is 17.5 Å². The minimum atomic E-state index is -4.47. The number of nitrogens with zero attached hydrogens (tertiary/aromatic N) is 4. The second-order valence-corrected chi connectivity index (χ2v) is 9.76. The van der Waals surface area contributed by atoms with Crippen LogP contribution < -0.4 is 15.0 Å². The number of ether oxygens (including phenoxy) is 1. The van der Waals surface area contributed by atoms with Crippen LogP contribution in [-0.4, -0.2) is 59.0 Å². The number of anilines is 1. The molecule has 0 aliphatic carbocycles. The van der Waals surface area contributed by atoms with Crippen LogP contribution in [0, 0.1) is 0 Å². The predicted octanol–water partition coefficient (Wildman–Crippen LogP) is 5.09. The number of pyridine rings is 1. The van der Waals surface area contributed by atoms with Crippen molar-refractivity contribution in [2.24, 2.45) is 7.05 Å². The van der Waals surface area contributed by atoms with Crippen LogP contribution in [0.15, 0.2) is 66.9 Å². The first kappa shape index (κ1) is 27.2. The summed E-state index contributed by atoms with van der Waals surface area (Å²) in [5, 5.41) is 4.15. The molecule has 40 heavy (non-hydrogen) atoms. The minimum absolute atomic E-state index is 0.0117. The van der Waals surface area contributed by atoms with E-state index < -0.39 is 17.6 Å². The molecule has 11 heteroatoms. The zero-order valence-corrected chi connectivity index (χ0v) is 22.2. The maximum absolute atomic E-state index is 13.2. The number of carbonyl (C=O) groups is 2. The maximum Gasteiger partial charge on any atom is 0.416 e. The van der Waals surface area contributed by atoms with Crippen molar-refractivity contribution in [3.8, 4) is 11.6 Å². The largest absolute Gasteiger partial charge is 0.439 e. The molecule has 3 heterocycles. The van der Waals surface area contributed by atoms with Crippen LogP contribution in [0.1, 0.15) is 33.3 Å². The number of aryl methyl sites for hydroxylation is 1. The molecule has 8 nitrogen and oxygen atoms in total. The molecule has 1 saturated heterocycles. The van der Waals surface area contributed by atoms with E-state index >= 15 is 0 Å². The number of amides is 2. The number of nitrogens with one attached hydrogen (secondary N) is 1. The summed E-state index contributed by atoms with van der Waals surface area (Å²) in [7, 11) is 3.38. The fraction of sp³-hybridized carbons (Fsp3) is 0.276. The fourth-order valence-electron chi connectivity index (χ4n) is 4.75. The highest BCUT2D eigenvalue weighted by Crippen LogP contribution is 2.30. The topological polar surface area (TPSA) is 79.7 Å². The van der Waals surface area contributed by atoms with Gasteiger partial charge in [-0.2, -0.15) is 13.2 Å². The quantitative estimate of drug-likeness (QED) is 0.374. The summed E-state index contributed by atoms with van der Waals surface area (Å²) in [4.78, 5) is 33.4. The van der Waals surface area contributed by atoms with Gasteiger partial charge in [0.15, 0.2) is 0 Å². The van der Waals surface area contributed by atoms with Crippen LogP contribution in [0.4, 0.5) is 18.9 Å². The van der Waals surface area contributed by atoms with E-state index in [0.717, 1.165) is 48.3 Å². The Hall–Kier alpha value is -4.38. The van der Waals surface area contributed by atoms with E-state index in [1.165, 1.54) is 18.1 Å². The molecule has 2 amide bonds. The summed E-state index contributed by atoms with van der Waals surface area (Å²) in [5.74, 6) is 0.337. The molecule has 0 saturated carbocycles. The van der Waals surface area contributed by atoms with Crippen molar-refractivity contribution in [1.29, 1.82) is 0 Å². The third-order valence-electron chi connectivity index (χ3n) is 7.09. The Balaban J connectivity index is 1.28. The van der Waals surface area contributed by atoms with Gasteiger partial charge in [-0.15, -0.1) is 0 Å². The van der Waals surface area contributed by atoms with Gasteiger partial charge in [-0.1, -0.05) is 0 Å². The lowest BCUT2D eigenvalue weighted by Crippen LogP contribution is -2.52. The van der Waals surface area contributed by atoms with E-state index in [2.05, 4.69) is 10.3 Å². The lowest BCUT2D eigenvalue weighted by Gasteiger charge is -2.34. The van der Waals surface area contributed by atoms with Gasteiger partial charge < -0.3 is 24.4 Å². The van der Waals surface area contributed by atoms with Gasteiger partial charge in [0.2, 0.25) is 5.88 Å². The Bertz CT molecular complexity index is 1550. The number of hydrogen-bond donors (Lipinski definition) is 1. The molecule has 4 aromatic rings. The Kier molecular flexibility index (Phi) is 7.24. The maximum atomic E-state index is 13.2. The molecule has 2 aromatic carbocycles. The second-order valence-electron chi connectivity index (χ2n) is 9.76. The van der Waals surface area contributed by atoms with Crippen LogP contribution in [0.3, 0.4) is 0 Å². The van der Waals surface area contributed by atoms with Gasteiger partial charge in [-0.25, -0.2) is 4.98 Å². The molecule has 1 aliphatic heterocycles. The van der Waals surface area contributed by atoms with Crippen LogP contribution in [0.2, 0.25) is 0 Å². The first-order valence-corrected chi connectivity index (χ1v) is 12.7. The molecule has 0 unspecified atom stereocenters. The Morgan fingerprint density at radius 3 is 2.48 bits per heavy atom. The SMILES string of the molecule is C[C@@H]1CNCCN1C(=O)c1cc2cc(Oc3ccc(N(C)C(=O)c4ccc(C(F)(F)F)cc4)cn3)ccc2n1C. The Morgan fingerprint density at radius 1 is 1.07 bits per heavy atom. The average Bonchev–Trinajstić information content (AvgIpc) is 3.27. The summed E-state index contributed by atoms with van der Waals surface area (Å²) in [6.07, 6.45) is -3.02. The number of aromatic nitrogens is 2. The van der Waals surface area contributed by atoms with Crippen LogP contribution in [-0.2, 0) is 13.2 Å². The Morgan fingerprint density at radius 2 is 1.82 bits per heavy atom. The van der Waals surface area contributed by atoms with Gasteiger partial charge in [-0.05, 0) is 61.5 Å². The van der Waals surface area contributed by atoms with Crippen molar-refractivity contribution in [2.75, 3.05) is 31.6 Å². The number of rotatable bonds is 5. The monoisotopic (exact) mass is 551 g/mol. The van der Waals surface area contributed by atoms with Gasteiger partial charge in [0.25, 0.3) is 11.8 Å². The van der Waals surface area contributed by atoms with Crippen LogP contribution in [0.5, 0.6) is 11.6 Å². The molecular weight excluding hydrogens is 523 g/mol. The number of fused-ring (bicyclic) bond motifs is 1. The number of benzene rings is 2. The number of piperazine rings is 1. The molecular formula is C29H28F3N5O3. The number of hydrogen-bond acceptors (Lipinski definition) is 5. The standard InChI is InChI=1S/C29H28F3N5O3/c1-18-16-33-12-13-37(18)28(39)25-15-20-14-23(9-10-24(20)36(25)3)40-26-11-8-22(17-34-26)35(2)27(38)19-4-6-21(7-5-19)29(30,31)32/h4-11,14-15,17-18,33H,12-13,16H2,1-3H3/t18-/m1/s1. The number of alkyl halides is 3. The third kappa shape index (κ3) is 5.37. The molecule has 1 fully saturated rings. The molecule has 2 aromatic heterocycles. The Labute approximate surface area is 229 Å². The smallest absolute Gasteiger partial charge is 0.416 e. The minimum Gasteiger partial charge on any atom is -0.439 e. The van der Waals surface area contributed by atoms with Gasteiger partial charge in [0, 0.05) is 62.3 Å². The highest BCUT2D eigenvalue weighted by atomic mass is 19.4. The van der Waals surface area contributed by atoms with Gasteiger partial charge in [0.1, 0.15) is 11.4 Å². The molecule has 0 bridgehead atoms. The summed E-state index contributed by atoms with van der Waals surface area (Å²) in [5.41, 5.74) is 1.24. The molecule has 0 radical (unpaired) electrons. The summed E-state index contributed by atoms with van der Waals surface area (Å²) >= 11 is 0. The van der Waals surface area contributed by atoms with Crippen molar-refractivity contribution >= 4 is 28.4 Å². The predicted molar refractivity (Wildman–Crippen MR) is 145 cm³/mol. The van der Waals surface area contributed by atoms with Crippen molar-refractivity contribution in [2.45, 2.75) is 19.1 Å². The molecule has 0 spiro atoms. The van der Waals surface area contributed by atoms with Crippen molar-refractivity contribution in [3.63, 3.8) is 0 Å². The molecule has 1 atom stereocenters. The average molecular weight is 552 g/mol. The zero-order valence-electron chi connectivity index (χ0n) is 22.2. The van der Waals surface area contributed by atoms with Gasteiger partial charge in [-0.3, -0.25) is 9.59 Å². The van der Waals surface area contributed by atoms with E-state index in [1.807, 2.05) is 41.6 Å². The van der Waals surface area contributed by atoms with Crippen LogP contribution >= 0.6 is 0 Å². The van der Waals surface area contributed by atoms with E-state index in [0.29, 0.717) is 29.6 Å². The van der Waals surface area contributed by atoms with E-state index in [9.17, 15) is 22.8 Å². The molecule has 5 rings (SSSR count). The molecule has 1 N–H and O–H groups in total. The molecule has 1 aliphatic rings. The first-order valence-electron chi connectivity index (χ1n) is 12.7. The van der Waals surface area contributed by atoms with Crippen molar-refractivity contribution in [3.05, 3.63) is 83.7 Å². The second kappa shape index (κ2) is 10.6. The number of carbonyl (C=O) groups excluding carboxylic acids is 2. The van der Waals surface area contributed by atoms with Crippen molar-refractivity contribution < 1.29 is 27.5 Å². The van der Waals surface area contributed by atoms with E-state index in [1.54, 1.807) is 18.2 Å². The van der Waals surface area contributed by atoms with Gasteiger partial charge in [0.05, 0.1) is 17.4 Å². The highest BCUT2D eigenvalue weighted by Gasteiger charge is 2.30. The number of halogens is 3. The fourth-order valence-corrected chi connectivity index (χ4v) is 4.75. The van der Waals surface area contributed by atoms with Gasteiger partial charge >= 0.3 is 6.18 Å². The van der Waals surface area contributed by atoms with E-state index in [4.69, 9.17) is 4.74 Å². The third-order valence-corrected chi connectivity index (χ3v) is 7.09. The highest BCUT2D eigenvalue weighted by molar-refractivity contribution is 6.05. The summed E-state index contributed by atoms with van der Waals surface area (Å²) < 4.78 is 46.2. The zero-order chi connectivity index (χ0) is 28.6. The van der Waals surface area contributed by atoms with Crippen LogP contribution in [0.25, 0.3) is 10.9 Å². The lowest BCUT2D eigenvalue weighted by molar-refractivity contribution is -0.137. The first-order chi connectivity index (χ1) is 19.0. The van der Waals surface area contributed by atoms with Crippen molar-refractivity contribution in [1.82, 2.24) is 19.8 Å². The normalized spacial score (nSPS) is 15.8. The summed E-state index contributed by atoms with van der Waals surface area (Å²) in [6, 6.07) is 14.8. The lowest BCUT2D eigenvalue weighted by atomic mass is 10.1. The molecule has 208 valence electrons. The summed E-state index contributed by atoms with van der Waals surface area (Å²) in [6.45, 7) is 4.21.